The summed E-state index contributed by atoms with van der Waals surface area (Å²) >= 11 is 0. The van der Waals surface area contributed by atoms with Crippen LogP contribution in [-0.2, 0) is 0 Å². The molecule has 1 amide bonds. The summed E-state index contributed by atoms with van der Waals surface area (Å²) in [6, 6.07) is 2.04. The van der Waals surface area contributed by atoms with Crippen LogP contribution in [0.1, 0.15) is 23.7 Å². The van der Waals surface area contributed by atoms with E-state index in [0.29, 0.717) is 12.1 Å². The number of nitriles is 1. The number of nitro groups is 1. The molecule has 0 aliphatic rings. The van der Waals surface area contributed by atoms with Gasteiger partial charge in [-0.05, 0) is 13.0 Å². The number of nitrogens with zero attached hydrogens (tertiary/aromatic N) is 2. The standard InChI is InChI=1S/C11H9F2N3O3/c1-6(2-3-14)15-11(17)7-4-8(12)9(13)5-10(7)16(18)19/h4-6H,2H2,1H3,(H,15,17). The zero-order valence-electron chi connectivity index (χ0n) is 9.81. The lowest BCUT2D eigenvalue weighted by Crippen LogP contribution is -2.32. The minimum absolute atomic E-state index is 0.0107. The zero-order chi connectivity index (χ0) is 14.6. The first-order chi connectivity index (χ1) is 8.86. The second-order valence-corrected chi connectivity index (χ2v) is 3.78. The van der Waals surface area contributed by atoms with Gasteiger partial charge >= 0.3 is 0 Å². The third-order valence-electron chi connectivity index (χ3n) is 2.25. The number of hydrogen-bond acceptors (Lipinski definition) is 4. The average molecular weight is 269 g/mol. The Morgan fingerprint density at radius 1 is 1.53 bits per heavy atom. The predicted molar refractivity (Wildman–Crippen MR) is 60.2 cm³/mol. The molecule has 1 aromatic rings. The molecule has 6 nitrogen and oxygen atoms in total. The van der Waals surface area contributed by atoms with Crippen LogP contribution >= 0.6 is 0 Å². The summed E-state index contributed by atoms with van der Waals surface area (Å²) in [6.45, 7) is 1.51. The van der Waals surface area contributed by atoms with Crippen molar-refractivity contribution in [3.63, 3.8) is 0 Å². The third kappa shape index (κ3) is 3.45. The molecule has 0 radical (unpaired) electrons. The van der Waals surface area contributed by atoms with Gasteiger partial charge in [-0.3, -0.25) is 14.9 Å². The zero-order valence-corrected chi connectivity index (χ0v) is 9.81. The van der Waals surface area contributed by atoms with E-state index < -0.39 is 39.8 Å². The second-order valence-electron chi connectivity index (χ2n) is 3.78. The maximum Gasteiger partial charge on any atom is 0.285 e. The number of halogens is 2. The fraction of sp³-hybridized carbons (Fsp3) is 0.273. The van der Waals surface area contributed by atoms with Crippen LogP contribution < -0.4 is 5.32 Å². The lowest BCUT2D eigenvalue weighted by molar-refractivity contribution is -0.385. The molecule has 0 aromatic heterocycles. The van der Waals surface area contributed by atoms with Gasteiger partial charge in [0.05, 0.1) is 23.5 Å². The Kier molecular flexibility index (Phi) is 4.47. The maximum atomic E-state index is 13.0. The van der Waals surface area contributed by atoms with Gasteiger partial charge in [0.2, 0.25) is 0 Å². The van der Waals surface area contributed by atoms with E-state index >= 15 is 0 Å². The van der Waals surface area contributed by atoms with Gasteiger partial charge in [-0.2, -0.15) is 5.26 Å². The summed E-state index contributed by atoms with van der Waals surface area (Å²) in [5.41, 5.74) is -1.42. The molecule has 19 heavy (non-hydrogen) atoms. The highest BCUT2D eigenvalue weighted by Crippen LogP contribution is 2.22. The Morgan fingerprint density at radius 2 is 2.11 bits per heavy atom. The summed E-state index contributed by atoms with van der Waals surface area (Å²) in [5.74, 6) is -3.70. The Hall–Kier alpha value is -2.56. The van der Waals surface area contributed by atoms with Crippen molar-refractivity contribution in [3.05, 3.63) is 39.4 Å². The van der Waals surface area contributed by atoms with Crippen molar-refractivity contribution in [2.75, 3.05) is 0 Å². The van der Waals surface area contributed by atoms with Gasteiger partial charge in [0.1, 0.15) is 5.56 Å². The van der Waals surface area contributed by atoms with E-state index in [1.54, 1.807) is 6.07 Å². The van der Waals surface area contributed by atoms with Crippen molar-refractivity contribution in [2.45, 2.75) is 19.4 Å². The molecule has 0 aliphatic carbocycles. The molecule has 1 unspecified atom stereocenters. The first-order valence-corrected chi connectivity index (χ1v) is 5.18. The van der Waals surface area contributed by atoms with Crippen LogP contribution in [0, 0.1) is 33.1 Å². The molecule has 1 atom stereocenters. The summed E-state index contributed by atoms with van der Waals surface area (Å²) in [4.78, 5) is 21.4. The third-order valence-corrected chi connectivity index (χ3v) is 2.25. The van der Waals surface area contributed by atoms with Crippen LogP contribution in [0.5, 0.6) is 0 Å². The van der Waals surface area contributed by atoms with Crippen molar-refractivity contribution >= 4 is 11.6 Å². The molecule has 8 heteroatoms. The van der Waals surface area contributed by atoms with Crippen LogP contribution in [-0.4, -0.2) is 16.9 Å². The van der Waals surface area contributed by atoms with E-state index in [2.05, 4.69) is 5.32 Å². The van der Waals surface area contributed by atoms with Gasteiger partial charge < -0.3 is 5.32 Å². The second kappa shape index (κ2) is 5.86. The van der Waals surface area contributed by atoms with E-state index in [0.717, 1.165) is 0 Å². The van der Waals surface area contributed by atoms with Gasteiger partial charge in [0.15, 0.2) is 11.6 Å². The number of nitrogens with one attached hydrogen (secondary N) is 1. The van der Waals surface area contributed by atoms with E-state index in [1.165, 1.54) is 6.92 Å². The first-order valence-electron chi connectivity index (χ1n) is 5.18. The monoisotopic (exact) mass is 269 g/mol. The van der Waals surface area contributed by atoms with Gasteiger partial charge in [-0.25, -0.2) is 8.78 Å². The number of amides is 1. The average Bonchev–Trinajstić information content (AvgIpc) is 2.31. The number of carbonyl (C=O) groups excluding carboxylic acids is 1. The van der Waals surface area contributed by atoms with E-state index in [-0.39, 0.29) is 6.42 Å². The quantitative estimate of drug-likeness (QED) is 0.667. The Labute approximate surface area is 106 Å². The van der Waals surface area contributed by atoms with Gasteiger partial charge in [0, 0.05) is 6.04 Å². The van der Waals surface area contributed by atoms with Crippen molar-refractivity contribution in [3.8, 4) is 6.07 Å². The normalized spacial score (nSPS) is 11.5. The lowest BCUT2D eigenvalue weighted by Gasteiger charge is -2.10. The van der Waals surface area contributed by atoms with Crippen LogP contribution in [0.3, 0.4) is 0 Å². The molecule has 1 aromatic carbocycles. The maximum absolute atomic E-state index is 13.0. The number of benzene rings is 1. The minimum Gasteiger partial charge on any atom is -0.348 e. The van der Waals surface area contributed by atoms with Crippen molar-refractivity contribution in [1.29, 1.82) is 5.26 Å². The highest BCUT2D eigenvalue weighted by Gasteiger charge is 2.24. The molecule has 0 aliphatic heterocycles. The fourth-order valence-corrected chi connectivity index (χ4v) is 1.36. The van der Waals surface area contributed by atoms with E-state index in [4.69, 9.17) is 5.26 Å². The molecule has 0 saturated carbocycles. The topological polar surface area (TPSA) is 96.0 Å². The summed E-state index contributed by atoms with van der Waals surface area (Å²) < 4.78 is 26.0. The Morgan fingerprint density at radius 3 is 2.63 bits per heavy atom. The van der Waals surface area contributed by atoms with Gasteiger partial charge in [-0.1, -0.05) is 0 Å². The molecule has 1 N–H and O–H groups in total. The summed E-state index contributed by atoms with van der Waals surface area (Å²) in [5, 5.41) is 21.4. The molecule has 0 spiro atoms. The number of hydrogen-bond donors (Lipinski definition) is 1. The van der Waals surface area contributed by atoms with Crippen molar-refractivity contribution in [2.24, 2.45) is 0 Å². The first kappa shape index (κ1) is 14.5. The Balaban J connectivity index is 3.12. The fourth-order valence-electron chi connectivity index (χ4n) is 1.36. The number of rotatable bonds is 4. The molecule has 0 fully saturated rings. The lowest BCUT2D eigenvalue weighted by atomic mass is 10.1. The predicted octanol–water partition coefficient (Wildman–Crippen LogP) is 1.90. The molecule has 0 bridgehead atoms. The smallest absolute Gasteiger partial charge is 0.285 e. The van der Waals surface area contributed by atoms with Crippen LogP contribution in [0.15, 0.2) is 12.1 Å². The number of nitro benzene ring substituents is 1. The highest BCUT2D eigenvalue weighted by atomic mass is 19.2. The van der Waals surface area contributed by atoms with Crippen molar-refractivity contribution in [1.82, 2.24) is 5.32 Å². The molecule has 0 saturated heterocycles. The summed E-state index contributed by atoms with van der Waals surface area (Å²) in [6.07, 6.45) is -0.0107. The van der Waals surface area contributed by atoms with Crippen LogP contribution in [0.25, 0.3) is 0 Å². The van der Waals surface area contributed by atoms with Gasteiger partial charge in [0.25, 0.3) is 11.6 Å². The Bertz CT molecular complexity index is 569. The van der Waals surface area contributed by atoms with Crippen LogP contribution in [0.2, 0.25) is 0 Å². The van der Waals surface area contributed by atoms with Crippen LogP contribution in [0.4, 0.5) is 14.5 Å². The largest absolute Gasteiger partial charge is 0.348 e. The molecule has 1 rings (SSSR count). The molecule has 100 valence electrons. The van der Waals surface area contributed by atoms with Crippen molar-refractivity contribution < 1.29 is 18.5 Å². The molecular formula is C11H9F2N3O3. The van der Waals surface area contributed by atoms with Gasteiger partial charge in [-0.15, -0.1) is 0 Å². The summed E-state index contributed by atoms with van der Waals surface area (Å²) in [7, 11) is 0. The molecular weight excluding hydrogens is 260 g/mol. The SMILES string of the molecule is CC(CC#N)NC(=O)c1cc(F)c(F)cc1[N+](=O)[O-]. The number of carbonyl (C=O) groups is 1. The minimum atomic E-state index is -1.41. The van der Waals surface area contributed by atoms with E-state index in [9.17, 15) is 23.7 Å². The molecule has 0 heterocycles. The highest BCUT2D eigenvalue weighted by molar-refractivity contribution is 5.98. The van der Waals surface area contributed by atoms with E-state index in [1.807, 2.05) is 0 Å².